The Morgan fingerprint density at radius 2 is 1.64 bits per heavy atom. The van der Waals surface area contributed by atoms with Crippen molar-refractivity contribution < 1.29 is 29.1 Å². The summed E-state index contributed by atoms with van der Waals surface area (Å²) in [5, 5.41) is 16.5. The van der Waals surface area contributed by atoms with E-state index in [1.54, 1.807) is 0 Å². The summed E-state index contributed by atoms with van der Waals surface area (Å²) in [5.41, 5.74) is 0. The van der Waals surface area contributed by atoms with Gasteiger partial charge in [0.2, 0.25) is 0 Å². The molecule has 0 amide bonds. The van der Waals surface area contributed by atoms with Gasteiger partial charge < -0.3 is 20.0 Å². The molecule has 0 aromatic heterocycles. The zero-order valence-electron chi connectivity index (χ0n) is 5.04. The Bertz CT molecular complexity index is 130. The first-order valence-electron chi connectivity index (χ1n) is 2.45. The van der Waals surface area contributed by atoms with Crippen molar-refractivity contribution in [2.75, 3.05) is 13.2 Å². The molecular weight excluding hydrogens is 202 g/mol. The molecule has 0 aliphatic heterocycles. The number of phosphoric acid groups is 1. The van der Waals surface area contributed by atoms with Gasteiger partial charge in [0.15, 0.2) is 0 Å². The van der Waals surface area contributed by atoms with Crippen LogP contribution in [-0.4, -0.2) is 90.7 Å². The van der Waals surface area contributed by atoms with E-state index in [1.165, 1.54) is 0 Å². The van der Waals surface area contributed by atoms with Crippen LogP contribution in [0.15, 0.2) is 0 Å². The summed E-state index contributed by atoms with van der Waals surface area (Å²) in [7, 11) is -4.57. The van der Waals surface area contributed by atoms with E-state index < -0.39 is 27.1 Å². The quantitative estimate of drug-likeness (QED) is 0.311. The van der Waals surface area contributed by atoms with Gasteiger partial charge in [-0.25, -0.2) is 4.57 Å². The third kappa shape index (κ3) is 9.58. The Labute approximate surface area is 106 Å². The van der Waals surface area contributed by atoms with Crippen LogP contribution >= 0.6 is 7.82 Å². The van der Waals surface area contributed by atoms with Crippen LogP contribution in [0.4, 0.5) is 0 Å². The molecule has 0 atom stereocenters. The molecule has 0 fully saturated rings. The molecule has 0 aromatic rings. The summed E-state index contributed by atoms with van der Waals surface area (Å²) >= 11 is 0. The van der Waals surface area contributed by atoms with E-state index in [1.807, 2.05) is 0 Å². The van der Waals surface area contributed by atoms with Crippen LogP contribution in [0.1, 0.15) is 0 Å². The number of aliphatic hydroxyl groups excluding tert-OH is 2. The van der Waals surface area contributed by atoms with Gasteiger partial charge in [-0.05, 0) is 0 Å². The number of hydrogen-bond acceptors (Lipinski definition) is 4. The fraction of sp³-hybridized carbons (Fsp3) is 1.00. The molecule has 11 heavy (non-hydrogen) atoms. The van der Waals surface area contributed by atoms with Crippen molar-refractivity contribution in [3.8, 4) is 0 Å². The summed E-state index contributed by atoms with van der Waals surface area (Å²) in [6, 6.07) is 0. The molecule has 0 spiro atoms. The van der Waals surface area contributed by atoms with Crippen molar-refractivity contribution in [2.45, 2.75) is 6.10 Å². The molecule has 0 aliphatic rings. The predicted octanol–water partition coefficient (Wildman–Crippen LogP) is -2.20. The van der Waals surface area contributed by atoms with E-state index in [0.29, 0.717) is 0 Å². The van der Waals surface area contributed by atoms with E-state index in [-0.39, 0.29) is 51.4 Å². The first-order valence-corrected chi connectivity index (χ1v) is 3.98. The van der Waals surface area contributed by atoms with Gasteiger partial charge in [0.05, 0.1) is 13.2 Å². The molecular formula is C3H10KO6P. The van der Waals surface area contributed by atoms with Gasteiger partial charge in [0.25, 0.3) is 0 Å². The van der Waals surface area contributed by atoms with Crippen LogP contribution in [0.25, 0.3) is 0 Å². The number of phosphoric ester groups is 1. The second-order valence-electron chi connectivity index (χ2n) is 1.58. The zero-order chi connectivity index (χ0) is 8.20. The molecule has 0 unspecified atom stereocenters. The average molecular weight is 212 g/mol. The molecule has 4 N–H and O–H groups in total. The molecule has 0 aromatic carbocycles. The van der Waals surface area contributed by atoms with Gasteiger partial charge in [-0.2, -0.15) is 0 Å². The van der Waals surface area contributed by atoms with Crippen LogP contribution in [-0.2, 0) is 9.09 Å². The minimum atomic E-state index is -4.57. The van der Waals surface area contributed by atoms with E-state index in [9.17, 15) is 4.57 Å². The standard InChI is InChI=1S/C3H9O6P.K.H/c4-1-3(2-5)9-10(6,7)8;;/h3-5H,1-2H2,(H2,6,7,8);;. The van der Waals surface area contributed by atoms with Crippen LogP contribution in [0.2, 0.25) is 0 Å². The molecule has 0 radical (unpaired) electrons. The monoisotopic (exact) mass is 212 g/mol. The Morgan fingerprint density at radius 3 is 1.73 bits per heavy atom. The van der Waals surface area contributed by atoms with Gasteiger partial charge in [0.1, 0.15) is 6.10 Å². The summed E-state index contributed by atoms with van der Waals surface area (Å²) in [6.07, 6.45) is -1.21. The Hall–Kier alpha value is 1.67. The van der Waals surface area contributed by atoms with Crippen molar-refractivity contribution in [3.05, 3.63) is 0 Å². The van der Waals surface area contributed by atoms with E-state index in [0.717, 1.165) is 0 Å². The third-order valence-electron chi connectivity index (χ3n) is 0.694. The van der Waals surface area contributed by atoms with E-state index in [4.69, 9.17) is 20.0 Å². The van der Waals surface area contributed by atoms with Crippen LogP contribution in [0.3, 0.4) is 0 Å². The van der Waals surface area contributed by atoms with Gasteiger partial charge in [0, 0.05) is 0 Å². The van der Waals surface area contributed by atoms with Crippen molar-refractivity contribution in [2.24, 2.45) is 0 Å². The first-order chi connectivity index (χ1) is 4.49. The molecule has 0 saturated heterocycles. The zero-order valence-corrected chi connectivity index (χ0v) is 5.94. The summed E-state index contributed by atoms with van der Waals surface area (Å²) in [4.78, 5) is 16.2. The summed E-state index contributed by atoms with van der Waals surface area (Å²) in [6.45, 7) is -1.25. The molecule has 0 saturated carbocycles. The van der Waals surface area contributed by atoms with Crippen molar-refractivity contribution in [1.82, 2.24) is 0 Å². The third-order valence-corrected chi connectivity index (χ3v) is 1.27. The molecule has 0 bridgehead atoms. The molecule has 0 rings (SSSR count). The second kappa shape index (κ2) is 7.11. The van der Waals surface area contributed by atoms with Crippen molar-refractivity contribution >= 4 is 59.2 Å². The van der Waals surface area contributed by atoms with E-state index >= 15 is 0 Å². The molecule has 6 nitrogen and oxygen atoms in total. The predicted molar refractivity (Wildman–Crippen MR) is 38.2 cm³/mol. The minimum absolute atomic E-state index is 0. The molecule has 0 aliphatic carbocycles. The van der Waals surface area contributed by atoms with E-state index in [2.05, 4.69) is 4.52 Å². The second-order valence-corrected chi connectivity index (χ2v) is 2.78. The number of rotatable bonds is 4. The van der Waals surface area contributed by atoms with Gasteiger partial charge >= 0.3 is 59.2 Å². The SMILES string of the molecule is O=P(O)(O)OC(CO)CO.[KH]. The first kappa shape index (κ1) is 15.2. The van der Waals surface area contributed by atoms with Crippen LogP contribution < -0.4 is 0 Å². The summed E-state index contributed by atoms with van der Waals surface area (Å²) in [5.74, 6) is 0. The Morgan fingerprint density at radius 1 is 1.27 bits per heavy atom. The Balaban J connectivity index is 0. The maximum atomic E-state index is 10.0. The number of aliphatic hydroxyl groups is 2. The molecule has 0 heterocycles. The van der Waals surface area contributed by atoms with Crippen molar-refractivity contribution in [3.63, 3.8) is 0 Å². The van der Waals surface area contributed by atoms with Crippen LogP contribution in [0, 0.1) is 0 Å². The average Bonchev–Trinajstić information content (AvgIpc) is 1.81. The molecule has 64 valence electrons. The fourth-order valence-corrected chi connectivity index (χ4v) is 0.840. The summed E-state index contributed by atoms with van der Waals surface area (Å²) < 4.78 is 13.9. The van der Waals surface area contributed by atoms with Gasteiger partial charge in [-0.1, -0.05) is 0 Å². The maximum absolute atomic E-state index is 10.0. The molecule has 8 heteroatoms. The van der Waals surface area contributed by atoms with Gasteiger partial charge in [-0.3, -0.25) is 4.52 Å². The van der Waals surface area contributed by atoms with Crippen LogP contribution in [0.5, 0.6) is 0 Å². The van der Waals surface area contributed by atoms with Crippen molar-refractivity contribution in [1.29, 1.82) is 0 Å². The normalized spacial score (nSPS) is 11.4. The Kier molecular flexibility index (Phi) is 9.79. The topological polar surface area (TPSA) is 107 Å². The fourth-order valence-electron chi connectivity index (χ4n) is 0.319. The van der Waals surface area contributed by atoms with Gasteiger partial charge in [-0.15, -0.1) is 0 Å². The number of hydrogen-bond donors (Lipinski definition) is 4.